The summed E-state index contributed by atoms with van der Waals surface area (Å²) in [5, 5.41) is 13.3. The van der Waals surface area contributed by atoms with Crippen LogP contribution in [0.25, 0.3) is 0 Å². The second kappa shape index (κ2) is 9.22. The van der Waals surface area contributed by atoms with Crippen LogP contribution >= 0.6 is 11.6 Å². The number of carbonyl (C=O) groups is 2. The number of non-ortho nitro benzene ring substituents is 1. The van der Waals surface area contributed by atoms with E-state index in [1.54, 1.807) is 0 Å². The molecular weight excluding hydrogens is 336 g/mol. The number of amides is 1. The van der Waals surface area contributed by atoms with Crippen LogP contribution in [0.4, 0.5) is 5.69 Å². The fraction of sp³-hybridized carbons (Fsp3) is 0.500. The van der Waals surface area contributed by atoms with Crippen LogP contribution < -0.4 is 5.32 Å². The number of halogens is 1. The molecule has 1 aromatic rings. The molecule has 0 aliphatic carbocycles. The first-order valence-electron chi connectivity index (χ1n) is 7.61. The van der Waals surface area contributed by atoms with Crippen molar-refractivity contribution in [3.05, 3.63) is 38.9 Å². The number of hydrogen-bond donors (Lipinski definition) is 1. The SMILES string of the molecule is CC(C)CC[C@H](C)NC(=O)COC(=O)c1ccc([N+](=O)[O-])cc1Cl. The van der Waals surface area contributed by atoms with Gasteiger partial charge in [0.1, 0.15) is 0 Å². The molecule has 0 bridgehead atoms. The van der Waals surface area contributed by atoms with E-state index >= 15 is 0 Å². The molecular formula is C16H21ClN2O5. The number of nitrogens with zero attached hydrogens (tertiary/aromatic N) is 1. The molecule has 0 aliphatic heterocycles. The van der Waals surface area contributed by atoms with E-state index in [9.17, 15) is 19.7 Å². The molecule has 1 N–H and O–H groups in total. The zero-order valence-electron chi connectivity index (χ0n) is 13.9. The van der Waals surface area contributed by atoms with Crippen LogP contribution in [0, 0.1) is 16.0 Å². The first-order valence-corrected chi connectivity index (χ1v) is 7.99. The minimum Gasteiger partial charge on any atom is -0.452 e. The van der Waals surface area contributed by atoms with E-state index in [1.807, 2.05) is 6.92 Å². The van der Waals surface area contributed by atoms with E-state index in [1.165, 1.54) is 6.07 Å². The monoisotopic (exact) mass is 356 g/mol. The summed E-state index contributed by atoms with van der Waals surface area (Å²) in [6.07, 6.45) is 1.82. The lowest BCUT2D eigenvalue weighted by molar-refractivity contribution is -0.384. The molecule has 0 radical (unpaired) electrons. The Morgan fingerprint density at radius 1 is 1.29 bits per heavy atom. The largest absolute Gasteiger partial charge is 0.452 e. The fourth-order valence-electron chi connectivity index (χ4n) is 1.96. The van der Waals surface area contributed by atoms with Crippen molar-refractivity contribution in [2.45, 2.75) is 39.7 Å². The molecule has 1 amide bonds. The van der Waals surface area contributed by atoms with Gasteiger partial charge < -0.3 is 10.1 Å². The molecule has 7 nitrogen and oxygen atoms in total. The van der Waals surface area contributed by atoms with Gasteiger partial charge in [-0.3, -0.25) is 14.9 Å². The van der Waals surface area contributed by atoms with Crippen molar-refractivity contribution in [2.75, 3.05) is 6.61 Å². The van der Waals surface area contributed by atoms with Crippen molar-refractivity contribution in [3.63, 3.8) is 0 Å². The summed E-state index contributed by atoms with van der Waals surface area (Å²) in [5.41, 5.74) is -0.254. The van der Waals surface area contributed by atoms with Gasteiger partial charge in [-0.25, -0.2) is 4.79 Å². The maximum atomic E-state index is 11.9. The Morgan fingerprint density at radius 3 is 2.50 bits per heavy atom. The Kier molecular flexibility index (Phi) is 7.64. The minimum absolute atomic E-state index is 0.0124. The predicted octanol–water partition coefficient (Wildman–Crippen LogP) is 3.35. The van der Waals surface area contributed by atoms with E-state index in [4.69, 9.17) is 16.3 Å². The number of hydrogen-bond acceptors (Lipinski definition) is 5. The van der Waals surface area contributed by atoms with Crippen molar-refractivity contribution in [2.24, 2.45) is 5.92 Å². The highest BCUT2D eigenvalue weighted by atomic mass is 35.5. The van der Waals surface area contributed by atoms with Crippen LogP contribution in [-0.4, -0.2) is 29.4 Å². The Balaban J connectivity index is 2.51. The van der Waals surface area contributed by atoms with Gasteiger partial charge >= 0.3 is 5.97 Å². The Morgan fingerprint density at radius 2 is 1.96 bits per heavy atom. The molecule has 0 heterocycles. The van der Waals surface area contributed by atoms with Gasteiger partial charge in [-0.2, -0.15) is 0 Å². The van der Waals surface area contributed by atoms with Gasteiger partial charge in [-0.1, -0.05) is 25.4 Å². The number of carbonyl (C=O) groups excluding carboxylic acids is 2. The van der Waals surface area contributed by atoms with Crippen LogP contribution in [0.1, 0.15) is 44.0 Å². The zero-order valence-corrected chi connectivity index (χ0v) is 14.6. The Hall–Kier alpha value is -2.15. The lowest BCUT2D eigenvalue weighted by atomic mass is 10.0. The first kappa shape index (κ1) is 19.9. The van der Waals surface area contributed by atoms with Crippen LogP contribution in [-0.2, 0) is 9.53 Å². The quantitative estimate of drug-likeness (QED) is 0.437. The maximum absolute atomic E-state index is 11.9. The molecule has 0 aromatic heterocycles. The van der Waals surface area contributed by atoms with Crippen molar-refractivity contribution in [3.8, 4) is 0 Å². The average Bonchev–Trinajstić information content (AvgIpc) is 2.50. The molecule has 132 valence electrons. The van der Waals surface area contributed by atoms with Gasteiger partial charge in [-0.05, 0) is 31.7 Å². The second-order valence-corrected chi connectivity index (χ2v) is 6.34. The molecule has 0 spiro atoms. The molecule has 1 aromatic carbocycles. The number of benzene rings is 1. The molecule has 0 saturated carbocycles. The summed E-state index contributed by atoms with van der Waals surface area (Å²) in [4.78, 5) is 33.7. The number of nitrogens with one attached hydrogen (secondary N) is 1. The van der Waals surface area contributed by atoms with Crippen molar-refractivity contribution in [1.29, 1.82) is 0 Å². The third-order valence-electron chi connectivity index (χ3n) is 3.30. The van der Waals surface area contributed by atoms with E-state index in [0.29, 0.717) is 5.92 Å². The number of esters is 1. The smallest absolute Gasteiger partial charge is 0.340 e. The topological polar surface area (TPSA) is 98.5 Å². The van der Waals surface area contributed by atoms with Crippen LogP contribution in [0.15, 0.2) is 18.2 Å². The summed E-state index contributed by atoms with van der Waals surface area (Å²) in [6, 6.07) is 3.40. The van der Waals surface area contributed by atoms with Crippen molar-refractivity contribution in [1.82, 2.24) is 5.32 Å². The van der Waals surface area contributed by atoms with E-state index < -0.39 is 23.4 Å². The molecule has 1 atom stereocenters. The highest BCUT2D eigenvalue weighted by molar-refractivity contribution is 6.33. The molecule has 1 rings (SSSR count). The number of ether oxygens (including phenoxy) is 1. The number of nitro benzene ring substituents is 1. The van der Waals surface area contributed by atoms with Gasteiger partial charge in [-0.15, -0.1) is 0 Å². The normalized spacial score (nSPS) is 11.9. The third kappa shape index (κ3) is 6.54. The Bertz CT molecular complexity index is 618. The first-order chi connectivity index (χ1) is 11.2. The highest BCUT2D eigenvalue weighted by Crippen LogP contribution is 2.23. The number of nitro groups is 1. The zero-order chi connectivity index (χ0) is 18.3. The van der Waals surface area contributed by atoms with Crippen LogP contribution in [0.3, 0.4) is 0 Å². The summed E-state index contributed by atoms with van der Waals surface area (Å²) < 4.78 is 4.89. The third-order valence-corrected chi connectivity index (χ3v) is 3.61. The van der Waals surface area contributed by atoms with Gasteiger partial charge in [0.05, 0.1) is 15.5 Å². The highest BCUT2D eigenvalue weighted by Gasteiger charge is 2.17. The van der Waals surface area contributed by atoms with Crippen LogP contribution in [0.5, 0.6) is 0 Å². The number of rotatable bonds is 8. The molecule has 8 heteroatoms. The molecule has 0 unspecified atom stereocenters. The summed E-state index contributed by atoms with van der Waals surface area (Å²) in [7, 11) is 0. The molecule has 0 fully saturated rings. The fourth-order valence-corrected chi connectivity index (χ4v) is 2.22. The van der Waals surface area contributed by atoms with Crippen molar-refractivity contribution < 1.29 is 19.2 Å². The van der Waals surface area contributed by atoms with Gasteiger partial charge in [0.25, 0.3) is 11.6 Å². The van der Waals surface area contributed by atoms with Crippen molar-refractivity contribution >= 4 is 29.2 Å². The average molecular weight is 357 g/mol. The van der Waals surface area contributed by atoms with E-state index in [0.717, 1.165) is 25.0 Å². The molecule has 24 heavy (non-hydrogen) atoms. The van der Waals surface area contributed by atoms with Gasteiger partial charge in [0.15, 0.2) is 6.61 Å². The molecule has 0 aliphatic rings. The molecule has 0 saturated heterocycles. The van der Waals surface area contributed by atoms with Gasteiger partial charge in [0, 0.05) is 18.2 Å². The predicted molar refractivity (Wildman–Crippen MR) is 90.1 cm³/mol. The summed E-state index contributed by atoms with van der Waals surface area (Å²) >= 11 is 5.83. The lowest BCUT2D eigenvalue weighted by Crippen LogP contribution is -2.36. The van der Waals surface area contributed by atoms with Gasteiger partial charge in [0.2, 0.25) is 0 Å². The summed E-state index contributed by atoms with van der Waals surface area (Å²) in [5.74, 6) is -0.663. The second-order valence-electron chi connectivity index (χ2n) is 5.94. The lowest BCUT2D eigenvalue weighted by Gasteiger charge is -2.15. The Labute approximate surface area is 145 Å². The standard InChI is InChI=1S/C16H21ClN2O5/c1-10(2)4-5-11(3)18-15(20)9-24-16(21)13-7-6-12(19(22)23)8-14(13)17/h6-8,10-11H,4-5,9H2,1-3H3,(H,18,20)/t11-/m0/s1. The van der Waals surface area contributed by atoms with E-state index in [-0.39, 0.29) is 22.3 Å². The van der Waals surface area contributed by atoms with E-state index in [2.05, 4.69) is 19.2 Å². The minimum atomic E-state index is -0.806. The summed E-state index contributed by atoms with van der Waals surface area (Å²) in [6.45, 7) is 5.65. The maximum Gasteiger partial charge on any atom is 0.340 e. The van der Waals surface area contributed by atoms with Crippen LogP contribution in [0.2, 0.25) is 5.02 Å².